The average Bonchev–Trinajstić information content (AvgIpc) is 3.26. The molecule has 0 saturated carbocycles. The maximum atomic E-state index is 14.1. The van der Waals surface area contributed by atoms with Gasteiger partial charge in [-0.2, -0.15) is 0 Å². The topological polar surface area (TPSA) is 249 Å². The van der Waals surface area contributed by atoms with Crippen LogP contribution in [0.15, 0.2) is 48.6 Å². The van der Waals surface area contributed by atoms with E-state index in [0.717, 1.165) is 0 Å². The molecule has 2 aromatic rings. The number of carbonyl (C=O) groups is 5. The van der Waals surface area contributed by atoms with E-state index in [1.165, 1.54) is 42.5 Å². The molecule has 4 N–H and O–H groups in total. The summed E-state index contributed by atoms with van der Waals surface area (Å²) in [6.07, 6.45) is -2.21. The number of carboxylic acid groups (broad SMARTS) is 1. The zero-order valence-electron chi connectivity index (χ0n) is 38.2. The Labute approximate surface area is 387 Å². The lowest BCUT2D eigenvalue weighted by atomic mass is 9.79. The summed E-state index contributed by atoms with van der Waals surface area (Å²) in [5.41, 5.74) is -2.01. The van der Waals surface area contributed by atoms with Crippen molar-refractivity contribution in [2.45, 2.75) is 178 Å². The number of aliphatic carboxylic acids is 1. The van der Waals surface area contributed by atoms with Crippen LogP contribution in [0.2, 0.25) is 0 Å². The number of phenolic OH excluding ortho intramolecular Hbond substituents is 2. The molecule has 362 valence electrons. The highest BCUT2D eigenvalue weighted by molar-refractivity contribution is 6.30. The Hall–Kier alpha value is -4.73. The lowest BCUT2D eigenvalue weighted by molar-refractivity contribution is -0.292. The molecular weight excluding hydrogens is 877 g/mol. The number of carbonyl (C=O) groups excluding carboxylic acids is 4. The Morgan fingerprint density at radius 3 is 1.76 bits per heavy atom. The molecule has 18 nitrogen and oxygen atoms in total. The average molecular weight is 935 g/mol. The van der Waals surface area contributed by atoms with Crippen LogP contribution in [0.5, 0.6) is 11.5 Å². The Balaban J connectivity index is 0.909. The predicted octanol–water partition coefficient (Wildman–Crippen LogP) is 4.82. The number of benzene rings is 2. The molecule has 0 bridgehead atoms. The summed E-state index contributed by atoms with van der Waals surface area (Å²) in [6, 6.07) is 5.60. The van der Waals surface area contributed by atoms with Crippen molar-refractivity contribution in [3.8, 4) is 11.5 Å². The second-order valence-electron chi connectivity index (χ2n) is 18.5. The molecule has 5 heterocycles. The third kappa shape index (κ3) is 10.3. The number of carboxylic acids is 1. The van der Waals surface area contributed by atoms with Crippen molar-refractivity contribution >= 4 is 29.1 Å². The van der Waals surface area contributed by atoms with E-state index in [1.807, 2.05) is 6.92 Å². The number of ketones is 4. The summed E-state index contributed by atoms with van der Waals surface area (Å²) in [4.78, 5) is 64.0. The molecule has 3 saturated heterocycles. The zero-order chi connectivity index (χ0) is 48.1. The Kier molecular flexibility index (Phi) is 14.3. The Morgan fingerprint density at radius 1 is 0.687 bits per heavy atom. The SMILES string of the molecule is C[C@@H]1O[C@@H](O[C@H]2CC[C@H](O[C@@](C)(CC(=O)O)Cc3ccc4c(c3O)C(=O)c3ccc([C@H]5C[C@@H](O)[C@H](O[C@@H]6CC[C@@H](O[C@H]7C=CC(=O)[C@H](C)O7)[C@@H](C)O6)[C@@H](C)O5)c(O)c3C4=O)O[C@H]2C)C=CC1=O. The van der Waals surface area contributed by atoms with Gasteiger partial charge in [-0.15, -0.1) is 0 Å². The van der Waals surface area contributed by atoms with Gasteiger partial charge in [-0.25, -0.2) is 0 Å². The number of rotatable bonds is 13. The van der Waals surface area contributed by atoms with Crippen LogP contribution in [0, 0.1) is 0 Å². The van der Waals surface area contributed by atoms with Gasteiger partial charge in [0.05, 0.1) is 65.9 Å². The lowest BCUT2D eigenvalue weighted by Gasteiger charge is -2.42. The number of aliphatic hydroxyl groups is 1. The molecule has 18 heteroatoms. The van der Waals surface area contributed by atoms with Gasteiger partial charge in [-0.05, 0) is 96.4 Å². The van der Waals surface area contributed by atoms with E-state index in [4.69, 9.17) is 42.6 Å². The van der Waals surface area contributed by atoms with Crippen molar-refractivity contribution in [2.24, 2.45) is 0 Å². The van der Waals surface area contributed by atoms with Crippen LogP contribution in [-0.4, -0.2) is 135 Å². The molecule has 2 aromatic carbocycles. The van der Waals surface area contributed by atoms with Crippen molar-refractivity contribution in [1.82, 2.24) is 0 Å². The van der Waals surface area contributed by atoms with E-state index in [-0.39, 0.29) is 63.9 Å². The van der Waals surface area contributed by atoms with E-state index in [2.05, 4.69) is 0 Å². The van der Waals surface area contributed by atoms with Gasteiger partial charge in [0.1, 0.15) is 29.8 Å². The molecule has 0 radical (unpaired) electrons. The number of phenols is 2. The summed E-state index contributed by atoms with van der Waals surface area (Å²) in [6.45, 7) is 10.2. The van der Waals surface area contributed by atoms with Gasteiger partial charge < -0.3 is 63.1 Å². The summed E-state index contributed by atoms with van der Waals surface area (Å²) in [5, 5.41) is 44.6. The third-order valence-electron chi connectivity index (χ3n) is 13.3. The first-order valence-corrected chi connectivity index (χ1v) is 22.8. The number of ether oxygens (including phenoxy) is 9. The van der Waals surface area contributed by atoms with Crippen LogP contribution in [0.4, 0.5) is 0 Å². The smallest absolute Gasteiger partial charge is 0.306 e. The molecule has 3 fully saturated rings. The molecule has 0 spiro atoms. The Morgan fingerprint density at radius 2 is 1.22 bits per heavy atom. The van der Waals surface area contributed by atoms with E-state index in [9.17, 15) is 44.4 Å². The second-order valence-corrected chi connectivity index (χ2v) is 18.5. The highest BCUT2D eigenvalue weighted by Gasteiger charge is 2.44. The van der Waals surface area contributed by atoms with Crippen LogP contribution in [0.1, 0.15) is 129 Å². The minimum absolute atomic E-state index is 0.0215. The molecular formula is C49H58O18. The monoisotopic (exact) mass is 934 g/mol. The predicted molar refractivity (Wildman–Crippen MR) is 231 cm³/mol. The van der Waals surface area contributed by atoms with E-state index < -0.39 is 121 Å². The third-order valence-corrected chi connectivity index (χ3v) is 13.3. The highest BCUT2D eigenvalue weighted by Crippen LogP contribution is 2.45. The molecule has 5 aliphatic heterocycles. The molecule has 15 atom stereocenters. The van der Waals surface area contributed by atoms with E-state index in [0.29, 0.717) is 25.7 Å². The van der Waals surface area contributed by atoms with Gasteiger partial charge in [0, 0.05) is 42.4 Å². The first-order chi connectivity index (χ1) is 31.8. The van der Waals surface area contributed by atoms with Crippen molar-refractivity contribution in [3.63, 3.8) is 0 Å². The standard InChI is InChI=1S/C49H58O18/c1-22-31(50)11-15-38(60-22)64-34-13-17-40(62-24(34)3)66-48-26(5)59-36(19-33(48)52)28-9-10-30-43(45(28)56)47(58)29-8-7-27(44(55)42(29)46(30)57)20-49(6,21-37(53)54)67-41-18-14-35(25(4)63-41)65-39-16-12-32(51)23(2)61-39/h7-12,15-16,22-26,33-36,38-41,48,52,55-56H,13-14,17-21H2,1-6H3,(H,53,54)/t22-,23-,24+,25-,26+,33+,34+,35-,36+,38-,39-,40+,41-,48+,49+/m0/s1. The van der Waals surface area contributed by atoms with Crippen molar-refractivity contribution < 1.29 is 87.0 Å². The molecule has 67 heavy (non-hydrogen) atoms. The lowest BCUT2D eigenvalue weighted by Crippen LogP contribution is -2.50. The van der Waals surface area contributed by atoms with Crippen LogP contribution >= 0.6 is 0 Å². The molecule has 0 amide bonds. The van der Waals surface area contributed by atoms with Crippen molar-refractivity contribution in [2.75, 3.05) is 0 Å². The number of aliphatic hydroxyl groups excluding tert-OH is 1. The van der Waals surface area contributed by atoms with Gasteiger partial charge in [-0.1, -0.05) is 12.1 Å². The normalized spacial score (nSPS) is 35.2. The minimum Gasteiger partial charge on any atom is -0.507 e. The van der Waals surface area contributed by atoms with Gasteiger partial charge in [0.15, 0.2) is 48.3 Å². The van der Waals surface area contributed by atoms with Crippen LogP contribution < -0.4 is 0 Å². The van der Waals surface area contributed by atoms with E-state index >= 15 is 0 Å². The van der Waals surface area contributed by atoms with Gasteiger partial charge >= 0.3 is 5.97 Å². The van der Waals surface area contributed by atoms with Crippen LogP contribution in [0.3, 0.4) is 0 Å². The minimum atomic E-state index is -1.45. The largest absolute Gasteiger partial charge is 0.507 e. The van der Waals surface area contributed by atoms with Crippen molar-refractivity contribution in [1.29, 1.82) is 0 Å². The summed E-state index contributed by atoms with van der Waals surface area (Å²) >= 11 is 0. The molecule has 0 aromatic heterocycles. The highest BCUT2D eigenvalue weighted by atomic mass is 16.7. The fourth-order valence-electron chi connectivity index (χ4n) is 9.72. The maximum absolute atomic E-state index is 14.1. The summed E-state index contributed by atoms with van der Waals surface area (Å²) in [7, 11) is 0. The van der Waals surface area contributed by atoms with Crippen LogP contribution in [0.25, 0.3) is 0 Å². The summed E-state index contributed by atoms with van der Waals surface area (Å²) in [5.74, 6) is -3.95. The first kappa shape index (κ1) is 48.7. The summed E-state index contributed by atoms with van der Waals surface area (Å²) < 4.78 is 54.4. The van der Waals surface area contributed by atoms with Gasteiger partial charge in [0.25, 0.3) is 0 Å². The zero-order valence-corrected chi connectivity index (χ0v) is 38.2. The number of hydrogen-bond acceptors (Lipinski definition) is 17. The van der Waals surface area contributed by atoms with E-state index in [1.54, 1.807) is 40.7 Å². The maximum Gasteiger partial charge on any atom is 0.306 e. The number of hydrogen-bond donors (Lipinski definition) is 4. The number of fused-ring (bicyclic) bond motifs is 2. The fraction of sp³-hybridized carbons (Fsp3) is 0.571. The van der Waals surface area contributed by atoms with Crippen LogP contribution in [-0.2, 0) is 63.4 Å². The van der Waals surface area contributed by atoms with Crippen molar-refractivity contribution in [3.05, 3.63) is 82.0 Å². The first-order valence-electron chi connectivity index (χ1n) is 22.8. The number of aromatic hydroxyl groups is 2. The van der Waals surface area contributed by atoms with Gasteiger partial charge in [-0.3, -0.25) is 24.0 Å². The Bertz CT molecular complexity index is 2310. The van der Waals surface area contributed by atoms with Gasteiger partial charge in [0.2, 0.25) is 0 Å². The quantitative estimate of drug-likeness (QED) is 0.179. The molecule has 6 aliphatic rings. The fourth-order valence-corrected chi connectivity index (χ4v) is 9.72. The second kappa shape index (κ2) is 19.7. The molecule has 8 rings (SSSR count). The molecule has 0 unspecified atom stereocenters. The molecule has 1 aliphatic carbocycles.